The fourth-order valence-electron chi connectivity index (χ4n) is 1.84. The van der Waals surface area contributed by atoms with Gasteiger partial charge in [-0.25, -0.2) is 0 Å². The average molecular weight is 297 g/mol. The summed E-state index contributed by atoms with van der Waals surface area (Å²) in [6.07, 6.45) is 0.952. The largest absolute Gasteiger partial charge is 0.394 e. The van der Waals surface area contributed by atoms with Crippen molar-refractivity contribution >= 4 is 22.7 Å². The van der Waals surface area contributed by atoms with Crippen molar-refractivity contribution in [2.75, 3.05) is 26.4 Å². The summed E-state index contributed by atoms with van der Waals surface area (Å²) in [6, 6.07) is 8.81. The fraction of sp³-hybridized carbons (Fsp3) is 0.429. The molecule has 0 aromatic carbocycles. The molecule has 5 heteroatoms. The second-order valence-corrected chi connectivity index (χ2v) is 6.07. The lowest BCUT2D eigenvalue weighted by molar-refractivity contribution is 0.0905. The van der Waals surface area contributed by atoms with E-state index in [1.165, 1.54) is 9.75 Å². The standard InChI is InChI=1S/C14H19NO2S2/c16-7-9-17-8-3-6-15-14(12-4-1-10-18-12)13-5-2-11-19-13/h1-2,4-5,10-11,14-16H,3,6-9H2. The van der Waals surface area contributed by atoms with Crippen molar-refractivity contribution < 1.29 is 9.84 Å². The van der Waals surface area contributed by atoms with Crippen LogP contribution in [0.1, 0.15) is 22.2 Å². The van der Waals surface area contributed by atoms with Gasteiger partial charge in [0.2, 0.25) is 0 Å². The summed E-state index contributed by atoms with van der Waals surface area (Å²) in [7, 11) is 0. The van der Waals surface area contributed by atoms with E-state index in [-0.39, 0.29) is 12.6 Å². The maximum absolute atomic E-state index is 8.62. The molecular formula is C14H19NO2S2. The van der Waals surface area contributed by atoms with Gasteiger partial charge < -0.3 is 15.2 Å². The second kappa shape index (κ2) is 8.45. The number of hydrogen-bond donors (Lipinski definition) is 2. The van der Waals surface area contributed by atoms with Crippen LogP contribution in [-0.2, 0) is 4.74 Å². The van der Waals surface area contributed by atoms with E-state index in [1.807, 2.05) is 0 Å². The van der Waals surface area contributed by atoms with Gasteiger partial charge in [0.25, 0.3) is 0 Å². The van der Waals surface area contributed by atoms with E-state index in [1.54, 1.807) is 22.7 Å². The third kappa shape index (κ3) is 4.71. The van der Waals surface area contributed by atoms with E-state index in [4.69, 9.17) is 9.84 Å². The minimum absolute atomic E-state index is 0.0977. The minimum atomic E-state index is 0.0977. The van der Waals surface area contributed by atoms with E-state index in [0.717, 1.165) is 13.0 Å². The van der Waals surface area contributed by atoms with E-state index in [0.29, 0.717) is 13.2 Å². The molecule has 0 spiro atoms. The summed E-state index contributed by atoms with van der Waals surface area (Å²) in [6.45, 7) is 2.13. The molecule has 0 radical (unpaired) electrons. The summed E-state index contributed by atoms with van der Waals surface area (Å²) < 4.78 is 5.26. The van der Waals surface area contributed by atoms with Gasteiger partial charge in [-0.15, -0.1) is 22.7 Å². The van der Waals surface area contributed by atoms with Crippen molar-refractivity contribution in [1.82, 2.24) is 5.32 Å². The zero-order valence-corrected chi connectivity index (χ0v) is 12.4. The zero-order chi connectivity index (χ0) is 13.3. The first-order valence-corrected chi connectivity index (χ1v) is 8.16. The topological polar surface area (TPSA) is 41.5 Å². The number of rotatable bonds is 9. The Kier molecular flexibility index (Phi) is 6.53. The molecule has 0 saturated carbocycles. The van der Waals surface area contributed by atoms with Gasteiger partial charge in [0.05, 0.1) is 19.3 Å². The summed E-state index contributed by atoms with van der Waals surface area (Å²) >= 11 is 3.56. The predicted octanol–water partition coefficient (Wildman–Crippen LogP) is 2.89. The summed E-state index contributed by atoms with van der Waals surface area (Å²) in [5, 5.41) is 16.4. The summed E-state index contributed by atoms with van der Waals surface area (Å²) in [4.78, 5) is 2.69. The normalized spacial score (nSPS) is 11.3. The SMILES string of the molecule is OCCOCCCNC(c1cccs1)c1cccs1. The second-order valence-electron chi connectivity index (χ2n) is 4.11. The third-order valence-corrected chi connectivity index (χ3v) is 4.58. The van der Waals surface area contributed by atoms with Crippen LogP contribution >= 0.6 is 22.7 Å². The van der Waals surface area contributed by atoms with E-state index in [9.17, 15) is 0 Å². The van der Waals surface area contributed by atoms with Crippen molar-refractivity contribution in [2.24, 2.45) is 0 Å². The highest BCUT2D eigenvalue weighted by molar-refractivity contribution is 7.11. The van der Waals surface area contributed by atoms with Crippen LogP contribution in [0.15, 0.2) is 35.0 Å². The highest BCUT2D eigenvalue weighted by atomic mass is 32.1. The van der Waals surface area contributed by atoms with Crippen LogP contribution in [-0.4, -0.2) is 31.5 Å². The lowest BCUT2D eigenvalue weighted by Crippen LogP contribution is -2.23. The molecule has 0 atom stereocenters. The Morgan fingerprint density at radius 2 is 1.79 bits per heavy atom. The van der Waals surface area contributed by atoms with Crippen molar-refractivity contribution in [3.8, 4) is 0 Å². The maximum atomic E-state index is 8.62. The lowest BCUT2D eigenvalue weighted by atomic mass is 10.2. The Labute approximate surface area is 121 Å². The molecule has 2 aromatic rings. The molecule has 2 heterocycles. The molecule has 0 fully saturated rings. The molecule has 2 rings (SSSR count). The van der Waals surface area contributed by atoms with Crippen LogP contribution in [0.25, 0.3) is 0 Å². The van der Waals surface area contributed by atoms with Gasteiger partial charge in [0.15, 0.2) is 0 Å². The number of aliphatic hydroxyl groups excluding tert-OH is 1. The van der Waals surface area contributed by atoms with Crippen molar-refractivity contribution in [3.05, 3.63) is 44.8 Å². The molecule has 0 saturated heterocycles. The lowest BCUT2D eigenvalue weighted by Gasteiger charge is -2.16. The van der Waals surface area contributed by atoms with Crippen molar-refractivity contribution in [2.45, 2.75) is 12.5 Å². The number of hydrogen-bond acceptors (Lipinski definition) is 5. The molecule has 2 N–H and O–H groups in total. The highest BCUT2D eigenvalue weighted by Crippen LogP contribution is 2.28. The van der Waals surface area contributed by atoms with Gasteiger partial charge in [0.1, 0.15) is 0 Å². The van der Waals surface area contributed by atoms with Gasteiger partial charge in [-0.3, -0.25) is 0 Å². The van der Waals surface area contributed by atoms with Gasteiger partial charge in [0, 0.05) is 16.4 Å². The first-order valence-electron chi connectivity index (χ1n) is 6.40. The molecule has 0 bridgehead atoms. The highest BCUT2D eigenvalue weighted by Gasteiger charge is 2.14. The van der Waals surface area contributed by atoms with E-state index >= 15 is 0 Å². The Bertz CT molecular complexity index is 394. The average Bonchev–Trinajstić information content (AvgIpc) is 3.11. The molecule has 0 aliphatic rings. The Morgan fingerprint density at radius 3 is 2.32 bits per heavy atom. The number of nitrogens with one attached hydrogen (secondary N) is 1. The van der Waals surface area contributed by atoms with Gasteiger partial charge in [-0.1, -0.05) is 12.1 Å². The van der Waals surface area contributed by atoms with Crippen LogP contribution in [0.2, 0.25) is 0 Å². The predicted molar refractivity (Wildman–Crippen MR) is 81.0 cm³/mol. The van der Waals surface area contributed by atoms with Crippen molar-refractivity contribution in [3.63, 3.8) is 0 Å². The molecular weight excluding hydrogens is 278 g/mol. The molecule has 0 aliphatic heterocycles. The molecule has 19 heavy (non-hydrogen) atoms. The van der Waals surface area contributed by atoms with Gasteiger partial charge in [-0.05, 0) is 35.9 Å². The number of ether oxygens (including phenoxy) is 1. The first kappa shape index (κ1) is 14.7. The molecule has 0 unspecified atom stereocenters. The maximum Gasteiger partial charge on any atom is 0.0764 e. The molecule has 0 amide bonds. The number of thiophene rings is 2. The van der Waals surface area contributed by atoms with Crippen LogP contribution < -0.4 is 5.32 Å². The summed E-state index contributed by atoms with van der Waals surface area (Å²) in [5.74, 6) is 0. The molecule has 104 valence electrons. The minimum Gasteiger partial charge on any atom is -0.394 e. The first-order chi connectivity index (χ1) is 9.42. The smallest absolute Gasteiger partial charge is 0.0764 e. The van der Waals surface area contributed by atoms with Gasteiger partial charge >= 0.3 is 0 Å². The Morgan fingerprint density at radius 1 is 1.11 bits per heavy atom. The number of aliphatic hydroxyl groups is 1. The Hall–Kier alpha value is -0.720. The van der Waals surface area contributed by atoms with Gasteiger partial charge in [-0.2, -0.15) is 0 Å². The van der Waals surface area contributed by atoms with Crippen LogP contribution in [0, 0.1) is 0 Å². The van der Waals surface area contributed by atoms with E-state index < -0.39 is 0 Å². The Balaban J connectivity index is 1.82. The quantitative estimate of drug-likeness (QED) is 0.699. The van der Waals surface area contributed by atoms with E-state index in [2.05, 4.69) is 40.3 Å². The summed E-state index contributed by atoms with van der Waals surface area (Å²) in [5.41, 5.74) is 0. The molecule has 2 aromatic heterocycles. The van der Waals surface area contributed by atoms with Crippen molar-refractivity contribution in [1.29, 1.82) is 0 Å². The van der Waals surface area contributed by atoms with Crippen LogP contribution in [0.3, 0.4) is 0 Å². The van der Waals surface area contributed by atoms with Crippen LogP contribution in [0.5, 0.6) is 0 Å². The molecule has 3 nitrogen and oxygen atoms in total. The third-order valence-electron chi connectivity index (χ3n) is 2.70. The molecule has 0 aliphatic carbocycles. The fourth-order valence-corrected chi connectivity index (χ4v) is 3.55. The zero-order valence-electron chi connectivity index (χ0n) is 10.7. The monoisotopic (exact) mass is 297 g/mol. The van der Waals surface area contributed by atoms with Crippen LogP contribution in [0.4, 0.5) is 0 Å².